The molecule has 5 heteroatoms. The van der Waals surface area contributed by atoms with Gasteiger partial charge >= 0.3 is 4.87 Å². The summed E-state index contributed by atoms with van der Waals surface area (Å²) in [5, 5.41) is 5.64. The highest BCUT2D eigenvalue weighted by Crippen LogP contribution is 2.24. The zero-order chi connectivity index (χ0) is 14.0. The Morgan fingerprint density at radius 2 is 2.32 bits per heavy atom. The highest BCUT2D eigenvalue weighted by atomic mass is 32.1. The fourth-order valence-corrected chi connectivity index (χ4v) is 3.35. The maximum absolute atomic E-state index is 11.3. The van der Waals surface area contributed by atoms with E-state index in [1.165, 1.54) is 11.3 Å². The van der Waals surface area contributed by atoms with Gasteiger partial charge in [0.2, 0.25) is 0 Å². The van der Waals surface area contributed by atoms with Crippen molar-refractivity contribution in [1.29, 1.82) is 0 Å². The molecule has 108 valence electrons. The van der Waals surface area contributed by atoms with Crippen LogP contribution in [-0.4, -0.2) is 34.6 Å². The van der Waals surface area contributed by atoms with Crippen LogP contribution >= 0.6 is 11.3 Å². The first kappa shape index (κ1) is 14.8. The lowest BCUT2D eigenvalue weighted by atomic mass is 9.90. The van der Waals surface area contributed by atoms with E-state index < -0.39 is 0 Å². The lowest BCUT2D eigenvalue weighted by molar-refractivity contribution is 0.0530. The van der Waals surface area contributed by atoms with E-state index in [0.29, 0.717) is 12.0 Å². The van der Waals surface area contributed by atoms with Gasteiger partial charge in [-0.25, -0.2) is 0 Å². The number of nitrogens with zero attached hydrogens (tertiary/aromatic N) is 1. The number of piperazine rings is 1. The van der Waals surface area contributed by atoms with Crippen molar-refractivity contribution in [2.24, 2.45) is 5.92 Å². The molecule has 4 nitrogen and oxygen atoms in total. The molecule has 1 aromatic heterocycles. The van der Waals surface area contributed by atoms with Gasteiger partial charge in [-0.05, 0) is 19.3 Å². The van der Waals surface area contributed by atoms with E-state index in [4.69, 9.17) is 0 Å². The van der Waals surface area contributed by atoms with E-state index >= 15 is 0 Å². The first-order valence-electron chi connectivity index (χ1n) is 7.09. The van der Waals surface area contributed by atoms with Gasteiger partial charge in [0.1, 0.15) is 0 Å². The Labute approximate surface area is 119 Å². The Morgan fingerprint density at radius 3 is 2.84 bits per heavy atom. The van der Waals surface area contributed by atoms with Gasteiger partial charge in [-0.1, -0.05) is 32.1 Å². The van der Waals surface area contributed by atoms with Crippen molar-refractivity contribution in [3.05, 3.63) is 20.7 Å². The highest BCUT2D eigenvalue weighted by molar-refractivity contribution is 7.07. The molecular formula is C14H25N3OS. The maximum atomic E-state index is 11.3. The number of aromatic amines is 1. The Morgan fingerprint density at radius 1 is 1.58 bits per heavy atom. The molecule has 0 aromatic carbocycles. The van der Waals surface area contributed by atoms with Crippen LogP contribution in [0.15, 0.2) is 10.2 Å². The summed E-state index contributed by atoms with van der Waals surface area (Å²) in [5.41, 5.74) is 1.22. The SMILES string of the molecule is CCC1(C)CN(Cc2csc(=O)[nH]2)C(C(C)C)CN1. The van der Waals surface area contributed by atoms with Gasteiger partial charge in [-0.15, -0.1) is 0 Å². The van der Waals surface area contributed by atoms with Crippen molar-refractivity contribution in [3.63, 3.8) is 0 Å². The van der Waals surface area contributed by atoms with Gasteiger partial charge in [0, 0.05) is 42.3 Å². The minimum Gasteiger partial charge on any atom is -0.315 e. The third-order valence-electron chi connectivity index (χ3n) is 4.25. The maximum Gasteiger partial charge on any atom is 0.304 e. The standard InChI is InChI=1S/C14H25N3OS/c1-5-14(4)9-17(12(6-15-14)10(2)3)7-11-8-19-13(18)16-11/h8,10,12,15H,5-7,9H2,1-4H3,(H,16,18). The minimum absolute atomic E-state index is 0.0458. The van der Waals surface area contributed by atoms with Crippen LogP contribution in [0.5, 0.6) is 0 Å². The molecule has 2 rings (SSSR count). The number of rotatable bonds is 4. The number of nitrogens with one attached hydrogen (secondary N) is 2. The molecular weight excluding hydrogens is 258 g/mol. The summed E-state index contributed by atoms with van der Waals surface area (Å²) in [4.78, 5) is 16.8. The monoisotopic (exact) mass is 283 g/mol. The first-order valence-corrected chi connectivity index (χ1v) is 7.97. The normalized spacial score (nSPS) is 29.0. The molecule has 1 saturated heterocycles. The van der Waals surface area contributed by atoms with Gasteiger partial charge < -0.3 is 10.3 Å². The number of hydrogen-bond donors (Lipinski definition) is 2. The molecule has 2 unspecified atom stereocenters. The van der Waals surface area contributed by atoms with Crippen LogP contribution in [0.1, 0.15) is 39.8 Å². The Kier molecular flexibility index (Phi) is 4.48. The third-order valence-corrected chi connectivity index (χ3v) is 4.97. The van der Waals surface area contributed by atoms with Crippen molar-refractivity contribution in [3.8, 4) is 0 Å². The molecule has 1 fully saturated rings. The summed E-state index contributed by atoms with van der Waals surface area (Å²) < 4.78 is 0. The van der Waals surface area contributed by atoms with Crippen LogP contribution in [0.4, 0.5) is 0 Å². The van der Waals surface area contributed by atoms with E-state index in [1.54, 1.807) is 0 Å². The van der Waals surface area contributed by atoms with Crippen molar-refractivity contribution >= 4 is 11.3 Å². The van der Waals surface area contributed by atoms with Crippen molar-refractivity contribution in [2.45, 2.75) is 52.2 Å². The lowest BCUT2D eigenvalue weighted by Crippen LogP contribution is -2.63. The van der Waals surface area contributed by atoms with Crippen molar-refractivity contribution < 1.29 is 0 Å². The van der Waals surface area contributed by atoms with Crippen molar-refractivity contribution in [1.82, 2.24) is 15.2 Å². The zero-order valence-corrected chi connectivity index (χ0v) is 13.1. The fraction of sp³-hybridized carbons (Fsp3) is 0.786. The smallest absolute Gasteiger partial charge is 0.304 e. The highest BCUT2D eigenvalue weighted by Gasteiger charge is 2.35. The molecule has 0 amide bonds. The van der Waals surface area contributed by atoms with Gasteiger partial charge in [0.05, 0.1) is 0 Å². The molecule has 0 aliphatic carbocycles. The van der Waals surface area contributed by atoms with Crippen LogP contribution in [0.25, 0.3) is 0 Å². The minimum atomic E-state index is 0.0458. The average Bonchev–Trinajstić information content (AvgIpc) is 2.74. The summed E-state index contributed by atoms with van der Waals surface area (Å²) in [6, 6.07) is 0.531. The molecule has 0 spiro atoms. The van der Waals surface area contributed by atoms with E-state index in [9.17, 15) is 4.79 Å². The Hall–Kier alpha value is -0.650. The number of thiazole rings is 1. The van der Waals surface area contributed by atoms with Crippen LogP contribution in [0.3, 0.4) is 0 Å². The fourth-order valence-electron chi connectivity index (χ4n) is 2.78. The van der Waals surface area contributed by atoms with E-state index in [-0.39, 0.29) is 10.4 Å². The summed E-state index contributed by atoms with van der Waals surface area (Å²) >= 11 is 1.25. The quantitative estimate of drug-likeness (QED) is 0.889. The third kappa shape index (κ3) is 3.46. The van der Waals surface area contributed by atoms with Crippen LogP contribution < -0.4 is 10.2 Å². The molecule has 0 bridgehead atoms. The molecule has 2 atom stereocenters. The number of aromatic nitrogens is 1. The lowest BCUT2D eigenvalue weighted by Gasteiger charge is -2.47. The van der Waals surface area contributed by atoms with Gasteiger partial charge in [-0.2, -0.15) is 0 Å². The topological polar surface area (TPSA) is 48.1 Å². The Bertz CT molecular complexity index is 467. The van der Waals surface area contributed by atoms with Gasteiger partial charge in [0.25, 0.3) is 0 Å². The second-order valence-corrected chi connectivity index (χ2v) is 7.03. The summed E-state index contributed by atoms with van der Waals surface area (Å²) in [6.45, 7) is 12.0. The number of H-pyrrole nitrogens is 1. The second kappa shape index (κ2) is 5.77. The predicted octanol–water partition coefficient (Wildman–Crippen LogP) is 2.03. The molecule has 2 N–H and O–H groups in total. The molecule has 1 aromatic rings. The average molecular weight is 283 g/mol. The molecule has 1 aliphatic rings. The van der Waals surface area contributed by atoms with Gasteiger partial charge in [-0.3, -0.25) is 9.69 Å². The van der Waals surface area contributed by atoms with Crippen LogP contribution in [0, 0.1) is 5.92 Å². The molecule has 2 heterocycles. The van der Waals surface area contributed by atoms with E-state index in [1.807, 2.05) is 5.38 Å². The first-order chi connectivity index (χ1) is 8.93. The van der Waals surface area contributed by atoms with Crippen molar-refractivity contribution in [2.75, 3.05) is 13.1 Å². The zero-order valence-electron chi connectivity index (χ0n) is 12.3. The summed E-state index contributed by atoms with van der Waals surface area (Å²) in [6.07, 6.45) is 1.12. The summed E-state index contributed by atoms with van der Waals surface area (Å²) in [5.74, 6) is 0.610. The largest absolute Gasteiger partial charge is 0.315 e. The molecule has 19 heavy (non-hydrogen) atoms. The van der Waals surface area contributed by atoms with E-state index in [0.717, 1.165) is 31.7 Å². The van der Waals surface area contributed by atoms with Gasteiger partial charge in [0.15, 0.2) is 0 Å². The number of hydrogen-bond acceptors (Lipinski definition) is 4. The van der Waals surface area contributed by atoms with E-state index in [2.05, 4.69) is 42.9 Å². The molecule has 1 aliphatic heterocycles. The summed E-state index contributed by atoms with van der Waals surface area (Å²) in [7, 11) is 0. The molecule has 0 saturated carbocycles. The van der Waals surface area contributed by atoms with Crippen LogP contribution in [0.2, 0.25) is 0 Å². The predicted molar refractivity (Wildman–Crippen MR) is 80.7 cm³/mol. The van der Waals surface area contributed by atoms with Crippen LogP contribution in [-0.2, 0) is 6.54 Å². The second-order valence-electron chi connectivity index (χ2n) is 6.18. The molecule has 0 radical (unpaired) electrons. The Balaban J connectivity index is 2.13.